The Morgan fingerprint density at radius 1 is 0.977 bits per heavy atom. The molecule has 2 aliphatic heterocycles. The molecule has 235 valence electrons. The normalized spacial score (nSPS) is 23.4. The van der Waals surface area contributed by atoms with Gasteiger partial charge in [-0.05, 0) is 23.0 Å². The molecular weight excluding hydrogens is 554 g/mol. The zero-order valence-corrected chi connectivity index (χ0v) is 26.6. The van der Waals surface area contributed by atoms with Crippen molar-refractivity contribution in [3.05, 3.63) is 77.7 Å². The highest BCUT2D eigenvalue weighted by Gasteiger charge is 2.50. The molecule has 2 saturated heterocycles. The van der Waals surface area contributed by atoms with E-state index in [0.717, 1.165) is 11.1 Å². The van der Waals surface area contributed by atoms with E-state index in [1.807, 2.05) is 81.4 Å². The number of nitrogens with zero attached hydrogens (tertiary/aromatic N) is 2. The van der Waals surface area contributed by atoms with E-state index in [-0.39, 0.29) is 24.4 Å². The number of ether oxygens (including phenoxy) is 1. The van der Waals surface area contributed by atoms with Crippen molar-refractivity contribution < 1.29 is 19.1 Å². The average Bonchev–Trinajstić information content (AvgIpc) is 3.01. The van der Waals surface area contributed by atoms with Crippen LogP contribution in [0.2, 0.25) is 0 Å². The Kier molecular flexibility index (Phi) is 10.2. The molecule has 2 aromatic rings. The summed E-state index contributed by atoms with van der Waals surface area (Å²) < 4.78 is 5.47. The molecule has 2 aliphatic rings. The van der Waals surface area contributed by atoms with Gasteiger partial charge in [-0.3, -0.25) is 14.4 Å². The van der Waals surface area contributed by atoms with E-state index >= 15 is 0 Å². The summed E-state index contributed by atoms with van der Waals surface area (Å²) in [5, 5.41) is 17.6. The average molecular weight is 601 g/mol. The number of nitrogens with two attached hydrogens (primary N) is 1. The van der Waals surface area contributed by atoms with E-state index in [1.165, 1.54) is 0 Å². The van der Waals surface area contributed by atoms with Gasteiger partial charge in [-0.15, -0.1) is 0 Å². The first kappa shape index (κ1) is 33.2. The second-order valence-corrected chi connectivity index (χ2v) is 13.8. The fourth-order valence-electron chi connectivity index (χ4n) is 6.35. The Balaban J connectivity index is 1.74. The Hall–Kier alpha value is -3.74. The van der Waals surface area contributed by atoms with Crippen LogP contribution in [0.5, 0.6) is 0 Å². The monoisotopic (exact) mass is 600 g/mol. The molecular formula is C35H46N5O4. The summed E-state index contributed by atoms with van der Waals surface area (Å²) >= 11 is 0. The van der Waals surface area contributed by atoms with Gasteiger partial charge in [-0.25, -0.2) is 0 Å². The van der Waals surface area contributed by atoms with Gasteiger partial charge in [0.05, 0.1) is 31.1 Å². The number of nitriles is 1. The summed E-state index contributed by atoms with van der Waals surface area (Å²) in [6.07, 6.45) is 0.689. The largest absolute Gasteiger partial charge is 0.378 e. The zero-order chi connectivity index (χ0) is 32.1. The van der Waals surface area contributed by atoms with Gasteiger partial charge >= 0.3 is 0 Å². The van der Waals surface area contributed by atoms with E-state index < -0.39 is 34.1 Å². The SMILES string of the molecule is CC(C)(C)[C](C(=O)N1CCOCC1)C(CC(C)(C)C(N)=O)C(=O)NC1(C#N)CC(c2ccccc2)NC(c2ccccc2)C1. The van der Waals surface area contributed by atoms with Crippen LogP contribution in [0, 0.1) is 34.0 Å². The van der Waals surface area contributed by atoms with Gasteiger partial charge in [0.2, 0.25) is 17.7 Å². The molecule has 0 spiro atoms. The van der Waals surface area contributed by atoms with Gasteiger partial charge in [0.15, 0.2) is 0 Å². The van der Waals surface area contributed by atoms with Gasteiger partial charge < -0.3 is 26.0 Å². The van der Waals surface area contributed by atoms with Crippen molar-refractivity contribution in [2.75, 3.05) is 26.3 Å². The molecule has 0 saturated carbocycles. The first-order valence-electron chi connectivity index (χ1n) is 15.4. The summed E-state index contributed by atoms with van der Waals surface area (Å²) in [5.41, 5.74) is 4.78. The van der Waals surface area contributed by atoms with Crippen LogP contribution >= 0.6 is 0 Å². The van der Waals surface area contributed by atoms with E-state index in [1.54, 1.807) is 18.7 Å². The summed E-state index contributed by atoms with van der Waals surface area (Å²) in [5.74, 6) is -1.84. The summed E-state index contributed by atoms with van der Waals surface area (Å²) in [7, 11) is 0. The zero-order valence-electron chi connectivity index (χ0n) is 26.6. The number of hydrogen-bond donors (Lipinski definition) is 3. The summed E-state index contributed by atoms with van der Waals surface area (Å²) in [4.78, 5) is 43.0. The topological polar surface area (TPSA) is 138 Å². The quantitative estimate of drug-likeness (QED) is 0.394. The molecule has 0 aliphatic carbocycles. The molecule has 9 heteroatoms. The van der Waals surface area contributed by atoms with E-state index in [4.69, 9.17) is 10.5 Å². The van der Waals surface area contributed by atoms with E-state index in [0.29, 0.717) is 45.1 Å². The number of nitrogens with one attached hydrogen (secondary N) is 2. The molecule has 3 amide bonds. The molecule has 44 heavy (non-hydrogen) atoms. The maximum atomic E-state index is 14.6. The Labute approximate surface area is 261 Å². The standard InChI is InChI=1S/C35H46N5O4/c1-33(2,3)29(31(42)40-16-18-44-19-17-40)26(20-34(4,5)32(37)43)30(41)39-35(23-36)21-27(24-12-8-6-9-13-24)38-28(22-35)25-14-10-7-11-15-25/h6-15,26-28,38H,16-22H2,1-5H3,(H2,37,43)(H,39,41). The van der Waals surface area contributed by atoms with Crippen LogP contribution in [0.1, 0.15) is 77.1 Å². The third kappa shape index (κ3) is 7.66. The third-order valence-corrected chi connectivity index (χ3v) is 8.87. The summed E-state index contributed by atoms with van der Waals surface area (Å²) in [6, 6.07) is 21.8. The Morgan fingerprint density at radius 2 is 1.48 bits per heavy atom. The molecule has 9 nitrogen and oxygen atoms in total. The predicted octanol–water partition coefficient (Wildman–Crippen LogP) is 4.23. The number of hydrogen-bond acceptors (Lipinski definition) is 6. The fourth-order valence-corrected chi connectivity index (χ4v) is 6.35. The molecule has 4 N–H and O–H groups in total. The molecule has 4 rings (SSSR count). The third-order valence-electron chi connectivity index (χ3n) is 8.87. The Morgan fingerprint density at radius 3 is 1.91 bits per heavy atom. The van der Waals surface area contributed by atoms with Crippen LogP contribution in [-0.4, -0.2) is 54.5 Å². The predicted molar refractivity (Wildman–Crippen MR) is 168 cm³/mol. The van der Waals surface area contributed by atoms with Gasteiger partial charge in [-0.1, -0.05) is 95.3 Å². The van der Waals surface area contributed by atoms with Crippen LogP contribution < -0.4 is 16.4 Å². The minimum Gasteiger partial charge on any atom is -0.378 e. The minimum atomic E-state index is -1.25. The number of morpholine rings is 1. The lowest BCUT2D eigenvalue weighted by Gasteiger charge is -2.45. The van der Waals surface area contributed by atoms with Crippen molar-refractivity contribution in [1.29, 1.82) is 5.26 Å². The highest BCUT2D eigenvalue weighted by molar-refractivity contribution is 5.98. The molecule has 2 fully saturated rings. The van der Waals surface area contributed by atoms with Crippen molar-refractivity contribution in [3.8, 4) is 6.07 Å². The second kappa shape index (κ2) is 13.5. The number of benzene rings is 2. The van der Waals surface area contributed by atoms with Crippen molar-refractivity contribution in [2.24, 2.45) is 22.5 Å². The maximum absolute atomic E-state index is 14.6. The molecule has 0 aromatic heterocycles. The van der Waals surface area contributed by atoms with Crippen LogP contribution in [0.15, 0.2) is 60.7 Å². The number of amides is 3. The van der Waals surface area contributed by atoms with Gasteiger partial charge in [0.25, 0.3) is 0 Å². The number of rotatable bonds is 9. The second-order valence-electron chi connectivity index (χ2n) is 13.8. The smallest absolute Gasteiger partial charge is 0.231 e. The van der Waals surface area contributed by atoms with E-state index in [9.17, 15) is 19.6 Å². The lowest BCUT2D eigenvalue weighted by atomic mass is 9.66. The number of carbonyl (C=O) groups is 3. The number of piperidine rings is 1. The van der Waals surface area contributed by atoms with Crippen LogP contribution in [-0.2, 0) is 19.1 Å². The Bertz CT molecular complexity index is 1300. The lowest BCUT2D eigenvalue weighted by Crippen LogP contribution is -2.59. The molecule has 3 unspecified atom stereocenters. The first-order chi connectivity index (χ1) is 20.8. The molecule has 1 radical (unpaired) electrons. The maximum Gasteiger partial charge on any atom is 0.231 e. The molecule has 0 bridgehead atoms. The molecule has 2 heterocycles. The number of primary amides is 1. The lowest BCUT2D eigenvalue weighted by molar-refractivity contribution is -0.141. The van der Waals surface area contributed by atoms with Gasteiger partial charge in [0, 0.05) is 43.4 Å². The van der Waals surface area contributed by atoms with Crippen molar-refractivity contribution in [2.45, 2.75) is 71.5 Å². The van der Waals surface area contributed by atoms with Crippen molar-refractivity contribution in [1.82, 2.24) is 15.5 Å². The van der Waals surface area contributed by atoms with Crippen LogP contribution in [0.3, 0.4) is 0 Å². The molecule has 2 aromatic carbocycles. The highest BCUT2D eigenvalue weighted by atomic mass is 16.5. The van der Waals surface area contributed by atoms with Gasteiger partial charge in [0.1, 0.15) is 5.54 Å². The van der Waals surface area contributed by atoms with Crippen LogP contribution in [0.25, 0.3) is 0 Å². The minimum absolute atomic E-state index is 0.0286. The first-order valence-corrected chi connectivity index (χ1v) is 15.4. The summed E-state index contributed by atoms with van der Waals surface area (Å²) in [6.45, 7) is 10.7. The highest BCUT2D eigenvalue weighted by Crippen LogP contribution is 2.44. The van der Waals surface area contributed by atoms with Crippen molar-refractivity contribution in [3.63, 3.8) is 0 Å². The van der Waals surface area contributed by atoms with Crippen LogP contribution in [0.4, 0.5) is 0 Å². The number of carbonyl (C=O) groups excluding carboxylic acids is 3. The van der Waals surface area contributed by atoms with Crippen molar-refractivity contribution >= 4 is 17.7 Å². The van der Waals surface area contributed by atoms with E-state index in [2.05, 4.69) is 16.7 Å². The van der Waals surface area contributed by atoms with Gasteiger partial charge in [-0.2, -0.15) is 5.26 Å². The fraction of sp³-hybridized carbons (Fsp3) is 0.514. The molecule has 3 atom stereocenters.